The van der Waals surface area contributed by atoms with Crippen LogP contribution in [0.25, 0.3) is 11.0 Å². The van der Waals surface area contributed by atoms with Crippen LogP contribution < -0.4 is 16.3 Å². The number of hydrogen-bond donors (Lipinski definition) is 2. The predicted molar refractivity (Wildman–Crippen MR) is 120 cm³/mol. The van der Waals surface area contributed by atoms with Crippen LogP contribution in [0.1, 0.15) is 47.2 Å². The third-order valence-corrected chi connectivity index (χ3v) is 5.73. The highest BCUT2D eigenvalue weighted by Gasteiger charge is 2.25. The SMILES string of the molecule is Cc1ccc2cc(C(=O)N[C@H]3CC[C@H](NC(=O)OCc4ccccc4)CC3)c(=O)oc2c1. The minimum absolute atomic E-state index is 0.000374. The monoisotopic (exact) mass is 434 g/mol. The maximum absolute atomic E-state index is 12.7. The molecular weight excluding hydrogens is 408 g/mol. The highest BCUT2D eigenvalue weighted by atomic mass is 16.5. The molecule has 0 atom stereocenters. The summed E-state index contributed by atoms with van der Waals surface area (Å²) in [6.07, 6.45) is 2.40. The smallest absolute Gasteiger partial charge is 0.407 e. The molecule has 1 fully saturated rings. The van der Waals surface area contributed by atoms with Gasteiger partial charge in [0, 0.05) is 17.5 Å². The molecule has 0 bridgehead atoms. The van der Waals surface area contributed by atoms with Gasteiger partial charge in [-0.1, -0.05) is 42.5 Å². The van der Waals surface area contributed by atoms with Gasteiger partial charge in [-0.3, -0.25) is 4.79 Å². The summed E-state index contributed by atoms with van der Waals surface area (Å²) in [5, 5.41) is 6.53. The quantitative estimate of drug-likeness (QED) is 0.590. The van der Waals surface area contributed by atoms with E-state index in [1.165, 1.54) is 0 Å². The summed E-state index contributed by atoms with van der Waals surface area (Å²) in [5.41, 5.74) is 1.75. The zero-order valence-electron chi connectivity index (χ0n) is 17.9. The summed E-state index contributed by atoms with van der Waals surface area (Å²) >= 11 is 0. The highest BCUT2D eigenvalue weighted by molar-refractivity contribution is 5.96. The maximum Gasteiger partial charge on any atom is 0.407 e. The Hall–Kier alpha value is -3.61. The molecule has 4 rings (SSSR count). The molecule has 0 aliphatic heterocycles. The van der Waals surface area contributed by atoms with Gasteiger partial charge in [-0.05, 0) is 55.9 Å². The van der Waals surface area contributed by atoms with E-state index >= 15 is 0 Å². The van der Waals surface area contributed by atoms with Crippen molar-refractivity contribution < 1.29 is 18.7 Å². The van der Waals surface area contributed by atoms with Gasteiger partial charge in [-0.2, -0.15) is 0 Å². The first-order valence-electron chi connectivity index (χ1n) is 10.8. The second-order valence-corrected chi connectivity index (χ2v) is 8.22. The van der Waals surface area contributed by atoms with Crippen LogP contribution >= 0.6 is 0 Å². The number of amides is 2. The minimum Gasteiger partial charge on any atom is -0.445 e. The van der Waals surface area contributed by atoms with Gasteiger partial charge in [0.1, 0.15) is 17.8 Å². The number of aryl methyl sites for hydroxylation is 1. The molecule has 1 aliphatic carbocycles. The zero-order valence-corrected chi connectivity index (χ0v) is 17.9. The highest BCUT2D eigenvalue weighted by Crippen LogP contribution is 2.20. The van der Waals surface area contributed by atoms with Gasteiger partial charge in [0.2, 0.25) is 0 Å². The zero-order chi connectivity index (χ0) is 22.5. The molecule has 1 heterocycles. The van der Waals surface area contributed by atoms with Crippen LogP contribution in [-0.2, 0) is 11.3 Å². The van der Waals surface area contributed by atoms with E-state index in [-0.39, 0.29) is 24.3 Å². The molecule has 2 N–H and O–H groups in total. The van der Waals surface area contributed by atoms with Crippen molar-refractivity contribution in [3.05, 3.63) is 81.7 Å². The van der Waals surface area contributed by atoms with Crippen molar-refractivity contribution >= 4 is 23.0 Å². The topological polar surface area (TPSA) is 97.6 Å². The molecule has 1 aromatic heterocycles. The second kappa shape index (κ2) is 9.68. The van der Waals surface area contributed by atoms with Crippen LogP contribution in [0.4, 0.5) is 4.79 Å². The first-order chi connectivity index (χ1) is 15.5. The lowest BCUT2D eigenvalue weighted by atomic mass is 9.91. The van der Waals surface area contributed by atoms with E-state index < -0.39 is 17.6 Å². The molecule has 2 aromatic carbocycles. The van der Waals surface area contributed by atoms with Gasteiger partial charge in [0.05, 0.1) is 0 Å². The lowest BCUT2D eigenvalue weighted by Gasteiger charge is -2.29. The molecule has 2 amide bonds. The van der Waals surface area contributed by atoms with Crippen molar-refractivity contribution in [2.45, 2.75) is 51.3 Å². The lowest BCUT2D eigenvalue weighted by Crippen LogP contribution is -2.44. The molecule has 3 aromatic rings. The first kappa shape index (κ1) is 21.6. The van der Waals surface area contributed by atoms with E-state index in [0.717, 1.165) is 24.0 Å². The number of carbonyl (C=O) groups excluding carboxylic acids is 2. The fourth-order valence-electron chi connectivity index (χ4n) is 3.95. The minimum atomic E-state index is -0.642. The summed E-state index contributed by atoms with van der Waals surface area (Å²) in [6.45, 7) is 2.14. The van der Waals surface area contributed by atoms with E-state index in [9.17, 15) is 14.4 Å². The van der Waals surface area contributed by atoms with Crippen LogP contribution in [0.2, 0.25) is 0 Å². The van der Waals surface area contributed by atoms with Gasteiger partial charge in [0.25, 0.3) is 5.91 Å². The molecule has 1 aliphatic rings. The number of carbonyl (C=O) groups is 2. The third-order valence-electron chi connectivity index (χ3n) is 5.73. The Morgan fingerprint density at radius 2 is 1.66 bits per heavy atom. The molecule has 166 valence electrons. The molecule has 0 spiro atoms. The molecule has 0 radical (unpaired) electrons. The number of ether oxygens (including phenoxy) is 1. The van der Waals surface area contributed by atoms with E-state index in [2.05, 4.69) is 10.6 Å². The normalized spacial score (nSPS) is 18.2. The number of hydrogen-bond acceptors (Lipinski definition) is 5. The molecule has 0 saturated heterocycles. The van der Waals surface area contributed by atoms with Crippen LogP contribution in [0, 0.1) is 6.92 Å². The van der Waals surface area contributed by atoms with Crippen molar-refractivity contribution in [2.75, 3.05) is 0 Å². The van der Waals surface area contributed by atoms with E-state index in [1.807, 2.05) is 49.4 Å². The fourth-order valence-corrected chi connectivity index (χ4v) is 3.95. The van der Waals surface area contributed by atoms with Gasteiger partial charge in [-0.15, -0.1) is 0 Å². The van der Waals surface area contributed by atoms with Gasteiger partial charge >= 0.3 is 11.7 Å². The summed E-state index contributed by atoms with van der Waals surface area (Å²) < 4.78 is 10.6. The third kappa shape index (κ3) is 5.35. The van der Waals surface area contributed by atoms with Crippen molar-refractivity contribution in [2.24, 2.45) is 0 Å². The number of alkyl carbamates (subject to hydrolysis) is 1. The molecule has 7 nitrogen and oxygen atoms in total. The summed E-state index contributed by atoms with van der Waals surface area (Å²) in [7, 11) is 0. The van der Waals surface area contributed by atoms with Crippen LogP contribution in [0.5, 0.6) is 0 Å². The number of benzene rings is 2. The van der Waals surface area contributed by atoms with Gasteiger partial charge in [-0.25, -0.2) is 9.59 Å². The number of fused-ring (bicyclic) bond motifs is 1. The van der Waals surface area contributed by atoms with Crippen molar-refractivity contribution in [3.63, 3.8) is 0 Å². The molecule has 0 unspecified atom stereocenters. The Morgan fingerprint density at radius 3 is 2.38 bits per heavy atom. The van der Waals surface area contributed by atoms with E-state index in [1.54, 1.807) is 12.1 Å². The number of rotatable bonds is 5. The molecular formula is C25H26N2O5. The average Bonchev–Trinajstić information content (AvgIpc) is 2.79. The Morgan fingerprint density at radius 1 is 0.969 bits per heavy atom. The van der Waals surface area contributed by atoms with E-state index in [4.69, 9.17) is 9.15 Å². The molecule has 1 saturated carbocycles. The van der Waals surface area contributed by atoms with Crippen molar-refractivity contribution in [3.8, 4) is 0 Å². The Bertz CT molecular complexity index is 1160. The van der Waals surface area contributed by atoms with Gasteiger partial charge in [0.15, 0.2) is 0 Å². The van der Waals surface area contributed by atoms with Crippen LogP contribution in [0.15, 0.2) is 63.8 Å². The Labute approximate surface area is 185 Å². The lowest BCUT2D eigenvalue weighted by molar-refractivity contribution is 0.0917. The van der Waals surface area contributed by atoms with Crippen LogP contribution in [0.3, 0.4) is 0 Å². The van der Waals surface area contributed by atoms with Crippen molar-refractivity contribution in [1.29, 1.82) is 0 Å². The Kier molecular flexibility index (Phi) is 6.54. The molecule has 7 heteroatoms. The Balaban J connectivity index is 1.26. The standard InChI is InChI=1S/C25H26N2O5/c1-16-7-8-18-14-21(24(29)32-22(18)13-16)23(28)26-19-9-11-20(12-10-19)27-25(30)31-15-17-5-3-2-4-6-17/h2-8,13-14,19-20H,9-12,15H2,1H3,(H,26,28)(H,27,30)/t19-,20-. The summed E-state index contributed by atoms with van der Waals surface area (Å²) in [5.74, 6) is -0.431. The average molecular weight is 434 g/mol. The maximum atomic E-state index is 12.7. The number of nitrogens with one attached hydrogen (secondary N) is 2. The predicted octanol–water partition coefficient (Wildman–Crippen LogP) is 4.07. The first-order valence-corrected chi connectivity index (χ1v) is 10.8. The van der Waals surface area contributed by atoms with Crippen LogP contribution in [-0.4, -0.2) is 24.1 Å². The fraction of sp³-hybridized carbons (Fsp3) is 0.320. The summed E-state index contributed by atoms with van der Waals surface area (Å²) in [4.78, 5) is 37.0. The second-order valence-electron chi connectivity index (χ2n) is 8.22. The van der Waals surface area contributed by atoms with E-state index in [0.29, 0.717) is 23.8 Å². The van der Waals surface area contributed by atoms with Gasteiger partial charge < -0.3 is 19.8 Å². The molecule has 32 heavy (non-hydrogen) atoms. The van der Waals surface area contributed by atoms with Crippen molar-refractivity contribution in [1.82, 2.24) is 10.6 Å². The largest absolute Gasteiger partial charge is 0.445 e. The summed E-state index contributed by atoms with van der Waals surface area (Å²) in [6, 6.07) is 16.5.